The molecule has 0 atom stereocenters. The number of fused-ring (bicyclic) bond motifs is 1. The van der Waals surface area contributed by atoms with Gasteiger partial charge in [-0.25, -0.2) is 18.4 Å². The summed E-state index contributed by atoms with van der Waals surface area (Å²) in [5, 5.41) is 3.63. The predicted octanol–water partition coefficient (Wildman–Crippen LogP) is 5.76. The molecule has 4 aromatic rings. The van der Waals surface area contributed by atoms with Gasteiger partial charge in [-0.05, 0) is 30.7 Å². The van der Waals surface area contributed by atoms with Gasteiger partial charge in [-0.3, -0.25) is 0 Å². The standard InChI is InChI=1S/C20H15ClF3N3O2S2/c1-11-7-15-13(5-6-25-18(15)27(11)2)19-26-17(9-30-19)14-4-3-12(8-16(14)21)10-31(28,29)20(22,23)24/h3-9H,10H2,1-2H3. The van der Waals surface area contributed by atoms with Crippen LogP contribution in [-0.2, 0) is 22.6 Å². The number of rotatable bonds is 4. The minimum atomic E-state index is -5.31. The van der Waals surface area contributed by atoms with Crippen molar-refractivity contribution >= 4 is 43.8 Å². The van der Waals surface area contributed by atoms with E-state index < -0.39 is 21.1 Å². The van der Waals surface area contributed by atoms with E-state index in [-0.39, 0.29) is 10.6 Å². The SMILES string of the molecule is Cc1cc2c(-c3nc(-c4ccc(CS(=O)(=O)C(F)(F)F)cc4Cl)cs3)ccnc2n1C. The summed E-state index contributed by atoms with van der Waals surface area (Å²) >= 11 is 7.66. The smallest absolute Gasteiger partial charge is 0.333 e. The van der Waals surface area contributed by atoms with Crippen molar-refractivity contribution in [2.45, 2.75) is 18.2 Å². The molecule has 162 valence electrons. The normalized spacial score (nSPS) is 12.6. The van der Waals surface area contributed by atoms with E-state index in [0.29, 0.717) is 11.3 Å². The molecule has 11 heteroatoms. The Hall–Kier alpha value is -2.43. The highest BCUT2D eigenvalue weighted by atomic mass is 35.5. The van der Waals surface area contributed by atoms with Crippen molar-refractivity contribution in [3.63, 3.8) is 0 Å². The van der Waals surface area contributed by atoms with Crippen molar-refractivity contribution in [2.24, 2.45) is 7.05 Å². The van der Waals surface area contributed by atoms with Gasteiger partial charge in [-0.1, -0.05) is 23.7 Å². The highest BCUT2D eigenvalue weighted by Crippen LogP contribution is 2.36. The first-order valence-electron chi connectivity index (χ1n) is 8.92. The number of pyridine rings is 1. The molecule has 0 aliphatic heterocycles. The Labute approximate surface area is 185 Å². The fourth-order valence-electron chi connectivity index (χ4n) is 3.21. The summed E-state index contributed by atoms with van der Waals surface area (Å²) in [5.74, 6) is -1.17. The molecule has 4 rings (SSSR count). The number of sulfone groups is 1. The summed E-state index contributed by atoms with van der Waals surface area (Å²) in [6.45, 7) is 1.99. The fraction of sp³-hybridized carbons (Fsp3) is 0.200. The number of aryl methyl sites for hydroxylation is 2. The molecule has 0 fully saturated rings. The average molecular weight is 486 g/mol. The van der Waals surface area contributed by atoms with Crippen molar-refractivity contribution in [1.82, 2.24) is 14.5 Å². The molecule has 3 aromatic heterocycles. The van der Waals surface area contributed by atoms with Crippen molar-refractivity contribution in [3.05, 3.63) is 58.2 Å². The third kappa shape index (κ3) is 3.95. The lowest BCUT2D eigenvalue weighted by Gasteiger charge is -2.09. The van der Waals surface area contributed by atoms with E-state index in [0.717, 1.165) is 27.3 Å². The van der Waals surface area contributed by atoms with Crippen molar-refractivity contribution < 1.29 is 21.6 Å². The molecule has 0 amide bonds. The number of alkyl halides is 3. The van der Waals surface area contributed by atoms with Crippen LogP contribution in [0, 0.1) is 6.92 Å². The molecule has 5 nitrogen and oxygen atoms in total. The lowest BCUT2D eigenvalue weighted by atomic mass is 10.1. The van der Waals surface area contributed by atoms with Crippen molar-refractivity contribution in [1.29, 1.82) is 0 Å². The number of thiazole rings is 1. The van der Waals surface area contributed by atoms with Gasteiger partial charge < -0.3 is 4.57 Å². The molecule has 0 spiro atoms. The quantitative estimate of drug-likeness (QED) is 0.368. The number of aromatic nitrogens is 3. The first kappa shape index (κ1) is 21.8. The van der Waals surface area contributed by atoms with Gasteiger partial charge in [0.2, 0.25) is 0 Å². The van der Waals surface area contributed by atoms with Gasteiger partial charge in [0.15, 0.2) is 0 Å². The largest absolute Gasteiger partial charge is 0.497 e. The topological polar surface area (TPSA) is 64.8 Å². The van der Waals surface area contributed by atoms with E-state index in [1.54, 1.807) is 11.6 Å². The number of benzene rings is 1. The number of hydrogen-bond donors (Lipinski definition) is 0. The zero-order valence-corrected chi connectivity index (χ0v) is 18.6. The molecule has 0 aliphatic rings. The summed E-state index contributed by atoms with van der Waals surface area (Å²) in [5.41, 5.74) is -1.50. The molecular formula is C20H15ClF3N3O2S2. The van der Waals surface area contributed by atoms with E-state index in [9.17, 15) is 21.6 Å². The number of halogens is 4. The lowest BCUT2D eigenvalue weighted by Crippen LogP contribution is -2.24. The molecule has 0 aliphatic carbocycles. The van der Waals surface area contributed by atoms with Crippen LogP contribution in [0.1, 0.15) is 11.3 Å². The molecule has 0 N–H and O–H groups in total. The second kappa shape index (κ2) is 7.61. The Balaban J connectivity index is 1.68. The number of hydrogen-bond acceptors (Lipinski definition) is 5. The Morgan fingerprint density at radius 1 is 1.16 bits per heavy atom. The summed E-state index contributed by atoms with van der Waals surface area (Å²) < 4.78 is 62.7. The third-order valence-corrected chi connectivity index (χ3v) is 7.53. The Kier molecular flexibility index (Phi) is 5.35. The van der Waals surface area contributed by atoms with E-state index in [1.165, 1.54) is 29.5 Å². The maximum Gasteiger partial charge on any atom is 0.497 e. The van der Waals surface area contributed by atoms with Gasteiger partial charge in [0, 0.05) is 40.8 Å². The molecular weight excluding hydrogens is 471 g/mol. The maximum absolute atomic E-state index is 12.6. The summed E-state index contributed by atoms with van der Waals surface area (Å²) in [6, 6.07) is 7.93. The van der Waals surface area contributed by atoms with Crippen LogP contribution in [0.25, 0.3) is 32.9 Å². The first-order valence-corrected chi connectivity index (χ1v) is 11.8. The summed E-state index contributed by atoms with van der Waals surface area (Å²) in [4.78, 5) is 9.06. The van der Waals surface area contributed by atoms with E-state index in [2.05, 4.69) is 9.97 Å². The molecule has 0 saturated carbocycles. The van der Waals surface area contributed by atoms with Crippen LogP contribution in [0.3, 0.4) is 0 Å². The van der Waals surface area contributed by atoms with Crippen LogP contribution in [0.4, 0.5) is 13.2 Å². The van der Waals surface area contributed by atoms with Gasteiger partial charge >= 0.3 is 5.51 Å². The van der Waals surface area contributed by atoms with E-state index >= 15 is 0 Å². The third-order valence-electron chi connectivity index (χ3n) is 4.92. The van der Waals surface area contributed by atoms with E-state index in [1.807, 2.05) is 30.7 Å². The van der Waals surface area contributed by atoms with E-state index in [4.69, 9.17) is 11.6 Å². The maximum atomic E-state index is 12.6. The second-order valence-corrected chi connectivity index (χ2v) is 10.2. The average Bonchev–Trinajstić information content (AvgIpc) is 3.26. The highest BCUT2D eigenvalue weighted by Gasteiger charge is 2.45. The Bertz CT molecular complexity index is 1410. The lowest BCUT2D eigenvalue weighted by molar-refractivity contribution is -0.0437. The second-order valence-electron chi connectivity index (χ2n) is 7.00. The molecule has 31 heavy (non-hydrogen) atoms. The van der Waals surface area contributed by atoms with Crippen LogP contribution in [0.2, 0.25) is 5.02 Å². The first-order chi connectivity index (χ1) is 14.5. The van der Waals surface area contributed by atoms with Crippen LogP contribution >= 0.6 is 22.9 Å². The van der Waals surface area contributed by atoms with Crippen LogP contribution < -0.4 is 0 Å². The molecule has 1 aromatic carbocycles. The molecule has 0 unspecified atom stereocenters. The zero-order chi connectivity index (χ0) is 22.6. The van der Waals surface area contributed by atoms with Crippen LogP contribution in [0.5, 0.6) is 0 Å². The summed E-state index contributed by atoms with van der Waals surface area (Å²) in [7, 11) is -3.35. The monoisotopic (exact) mass is 485 g/mol. The fourth-order valence-corrected chi connectivity index (χ4v) is 5.15. The zero-order valence-electron chi connectivity index (χ0n) is 16.2. The van der Waals surface area contributed by atoms with Gasteiger partial charge in [0.25, 0.3) is 9.84 Å². The minimum absolute atomic E-state index is 0.0443. The van der Waals surface area contributed by atoms with Crippen LogP contribution in [0.15, 0.2) is 41.9 Å². The summed E-state index contributed by atoms with van der Waals surface area (Å²) in [6.07, 6.45) is 1.71. The molecule has 0 saturated heterocycles. The Morgan fingerprint density at radius 2 is 1.90 bits per heavy atom. The van der Waals surface area contributed by atoms with Gasteiger partial charge in [0.1, 0.15) is 10.7 Å². The van der Waals surface area contributed by atoms with Crippen molar-refractivity contribution in [3.8, 4) is 21.8 Å². The highest BCUT2D eigenvalue weighted by molar-refractivity contribution is 7.91. The minimum Gasteiger partial charge on any atom is -0.333 e. The van der Waals surface area contributed by atoms with Crippen LogP contribution in [-0.4, -0.2) is 28.5 Å². The van der Waals surface area contributed by atoms with Gasteiger partial charge in [0.05, 0.1) is 16.5 Å². The van der Waals surface area contributed by atoms with Gasteiger partial charge in [-0.2, -0.15) is 13.2 Å². The molecule has 3 heterocycles. The van der Waals surface area contributed by atoms with Gasteiger partial charge in [-0.15, -0.1) is 11.3 Å². The molecule has 0 radical (unpaired) electrons. The van der Waals surface area contributed by atoms with Crippen molar-refractivity contribution in [2.75, 3.05) is 0 Å². The predicted molar refractivity (Wildman–Crippen MR) is 116 cm³/mol. The molecule has 0 bridgehead atoms. The number of nitrogens with zero attached hydrogens (tertiary/aromatic N) is 3. The Morgan fingerprint density at radius 3 is 2.58 bits per heavy atom.